The molecule has 0 radical (unpaired) electrons. The molecule has 0 aliphatic carbocycles. The van der Waals surface area contributed by atoms with Gasteiger partial charge < -0.3 is 10.6 Å². The quantitative estimate of drug-likeness (QED) is 0.662. The zero-order valence-corrected chi connectivity index (χ0v) is 8.25. The van der Waals surface area contributed by atoms with Crippen LogP contribution >= 0.6 is 0 Å². The minimum Gasteiger partial charge on any atom is -0.316 e. The second kappa shape index (κ2) is 5.99. The molecule has 0 spiro atoms. The molecule has 0 aromatic rings. The van der Waals surface area contributed by atoms with Gasteiger partial charge in [-0.15, -0.1) is 0 Å². The maximum atomic E-state index is 8.44. The lowest BCUT2D eigenvalue weighted by atomic mass is 10.2. The van der Waals surface area contributed by atoms with Gasteiger partial charge in [-0.3, -0.25) is 0 Å². The van der Waals surface area contributed by atoms with Gasteiger partial charge in [0.15, 0.2) is 0 Å². The van der Waals surface area contributed by atoms with Crippen LogP contribution in [0.5, 0.6) is 0 Å². The predicted molar refractivity (Wildman–Crippen MR) is 50.5 cm³/mol. The molecule has 1 atom stereocenters. The van der Waals surface area contributed by atoms with Crippen LogP contribution in [0.3, 0.4) is 0 Å². The molecule has 0 amide bonds. The Morgan fingerprint density at radius 3 is 2.50 bits per heavy atom. The molecule has 0 saturated heterocycles. The van der Waals surface area contributed by atoms with Gasteiger partial charge in [0.2, 0.25) is 0 Å². The normalized spacial score (nSPS) is 13.4. The Hall–Kier alpha value is -0.590. The van der Waals surface area contributed by atoms with Crippen LogP contribution in [0.15, 0.2) is 0 Å². The first-order valence-electron chi connectivity index (χ1n) is 4.40. The van der Waals surface area contributed by atoms with Crippen LogP contribution < -0.4 is 5.73 Å². The van der Waals surface area contributed by atoms with E-state index in [9.17, 15) is 0 Å². The van der Waals surface area contributed by atoms with Crippen LogP contribution in [0.2, 0.25) is 0 Å². The van der Waals surface area contributed by atoms with E-state index in [0.29, 0.717) is 5.92 Å². The molecular formula is C9H19N3. The molecular weight excluding hydrogens is 150 g/mol. The molecule has 0 bridgehead atoms. The van der Waals surface area contributed by atoms with E-state index < -0.39 is 0 Å². The summed E-state index contributed by atoms with van der Waals surface area (Å²) in [6, 6.07) is 1.72. The van der Waals surface area contributed by atoms with Crippen molar-refractivity contribution < 1.29 is 0 Å². The molecule has 0 fully saturated rings. The third-order valence-electron chi connectivity index (χ3n) is 1.66. The van der Waals surface area contributed by atoms with Crippen molar-refractivity contribution >= 4 is 0 Å². The molecule has 0 aliphatic heterocycles. The number of nitriles is 1. The maximum absolute atomic E-state index is 8.44. The van der Waals surface area contributed by atoms with E-state index in [1.165, 1.54) is 0 Å². The lowest BCUT2D eigenvalue weighted by Gasteiger charge is -2.18. The summed E-state index contributed by atoms with van der Waals surface area (Å²) in [6.07, 6.45) is 0.764. The van der Waals surface area contributed by atoms with Gasteiger partial charge in [-0.2, -0.15) is 5.26 Å². The van der Waals surface area contributed by atoms with Crippen LogP contribution in [-0.4, -0.2) is 31.1 Å². The van der Waals surface area contributed by atoms with Crippen molar-refractivity contribution in [1.29, 1.82) is 5.26 Å². The van der Waals surface area contributed by atoms with Crippen molar-refractivity contribution in [2.75, 3.05) is 20.1 Å². The van der Waals surface area contributed by atoms with Gasteiger partial charge in [0.05, 0.1) is 12.1 Å². The Labute approximate surface area is 75.2 Å². The molecule has 0 rings (SSSR count). The fraction of sp³-hybridized carbons (Fsp3) is 0.889. The van der Waals surface area contributed by atoms with Gasteiger partial charge in [-0.05, 0) is 19.4 Å². The fourth-order valence-electron chi connectivity index (χ4n) is 1.14. The van der Waals surface area contributed by atoms with Gasteiger partial charge in [0.1, 0.15) is 0 Å². The zero-order valence-electron chi connectivity index (χ0n) is 8.25. The molecule has 2 N–H and O–H groups in total. The molecule has 3 nitrogen and oxygen atoms in total. The fourth-order valence-corrected chi connectivity index (χ4v) is 1.14. The molecule has 0 heterocycles. The Kier molecular flexibility index (Phi) is 5.69. The molecule has 0 aliphatic rings. The van der Waals surface area contributed by atoms with E-state index in [1.807, 2.05) is 6.07 Å². The monoisotopic (exact) mass is 169 g/mol. The SMILES string of the molecule is CC(C)CN(C)CCC(N)C#N. The minimum atomic E-state index is -0.306. The summed E-state index contributed by atoms with van der Waals surface area (Å²) in [4.78, 5) is 2.21. The molecule has 3 heteroatoms. The Balaban J connectivity index is 3.45. The molecule has 12 heavy (non-hydrogen) atoms. The average molecular weight is 169 g/mol. The minimum absolute atomic E-state index is 0.306. The largest absolute Gasteiger partial charge is 0.316 e. The summed E-state index contributed by atoms with van der Waals surface area (Å²) in [7, 11) is 2.06. The van der Waals surface area contributed by atoms with E-state index in [-0.39, 0.29) is 6.04 Å². The summed E-state index contributed by atoms with van der Waals surface area (Å²) in [6.45, 7) is 6.34. The van der Waals surface area contributed by atoms with Gasteiger partial charge in [0.25, 0.3) is 0 Å². The van der Waals surface area contributed by atoms with E-state index >= 15 is 0 Å². The van der Waals surface area contributed by atoms with Crippen LogP contribution in [-0.2, 0) is 0 Å². The first-order chi connectivity index (χ1) is 5.56. The van der Waals surface area contributed by atoms with E-state index in [1.54, 1.807) is 0 Å². The average Bonchev–Trinajstić information content (AvgIpc) is 1.99. The second-order valence-corrected chi connectivity index (χ2v) is 3.68. The van der Waals surface area contributed by atoms with Gasteiger partial charge in [-0.25, -0.2) is 0 Å². The molecule has 70 valence electrons. The zero-order chi connectivity index (χ0) is 9.56. The van der Waals surface area contributed by atoms with Crippen molar-refractivity contribution in [3.05, 3.63) is 0 Å². The molecule has 1 unspecified atom stereocenters. The molecule has 0 aromatic carbocycles. The third kappa shape index (κ3) is 6.14. The summed E-state index contributed by atoms with van der Waals surface area (Å²) in [5.41, 5.74) is 5.46. The Morgan fingerprint density at radius 2 is 2.08 bits per heavy atom. The summed E-state index contributed by atoms with van der Waals surface area (Å²) < 4.78 is 0. The van der Waals surface area contributed by atoms with Crippen LogP contribution in [0.25, 0.3) is 0 Å². The Bertz CT molecular complexity index is 148. The van der Waals surface area contributed by atoms with Crippen molar-refractivity contribution in [2.24, 2.45) is 11.7 Å². The molecule has 0 aromatic heterocycles. The second-order valence-electron chi connectivity index (χ2n) is 3.68. The van der Waals surface area contributed by atoms with E-state index in [4.69, 9.17) is 11.0 Å². The highest BCUT2D eigenvalue weighted by atomic mass is 15.1. The standard InChI is InChI=1S/C9H19N3/c1-8(2)7-12(3)5-4-9(11)6-10/h8-9H,4-5,7,11H2,1-3H3. The number of nitrogens with two attached hydrogens (primary N) is 1. The van der Waals surface area contributed by atoms with Gasteiger partial charge in [-0.1, -0.05) is 13.8 Å². The summed E-state index contributed by atoms with van der Waals surface area (Å²) >= 11 is 0. The smallest absolute Gasteiger partial charge is 0.0940 e. The van der Waals surface area contributed by atoms with Crippen molar-refractivity contribution in [3.63, 3.8) is 0 Å². The van der Waals surface area contributed by atoms with Crippen molar-refractivity contribution in [2.45, 2.75) is 26.3 Å². The summed E-state index contributed by atoms with van der Waals surface area (Å²) in [5.74, 6) is 0.674. The summed E-state index contributed by atoms with van der Waals surface area (Å²) in [5, 5.41) is 8.44. The van der Waals surface area contributed by atoms with E-state index in [2.05, 4.69) is 25.8 Å². The van der Waals surface area contributed by atoms with Gasteiger partial charge >= 0.3 is 0 Å². The highest BCUT2D eigenvalue weighted by Crippen LogP contribution is 1.97. The number of rotatable bonds is 5. The van der Waals surface area contributed by atoms with Crippen LogP contribution in [0, 0.1) is 17.2 Å². The Morgan fingerprint density at radius 1 is 1.50 bits per heavy atom. The van der Waals surface area contributed by atoms with Crippen molar-refractivity contribution in [3.8, 4) is 6.07 Å². The number of hydrogen-bond donors (Lipinski definition) is 1. The first-order valence-corrected chi connectivity index (χ1v) is 4.40. The first kappa shape index (κ1) is 11.4. The van der Waals surface area contributed by atoms with Crippen LogP contribution in [0.4, 0.5) is 0 Å². The lowest BCUT2D eigenvalue weighted by molar-refractivity contribution is 0.289. The number of hydrogen-bond acceptors (Lipinski definition) is 3. The topological polar surface area (TPSA) is 53.0 Å². The van der Waals surface area contributed by atoms with Gasteiger partial charge in [0, 0.05) is 13.1 Å². The highest BCUT2D eigenvalue weighted by molar-refractivity contribution is 4.86. The third-order valence-corrected chi connectivity index (χ3v) is 1.66. The lowest BCUT2D eigenvalue weighted by Crippen LogP contribution is -2.29. The predicted octanol–water partition coefficient (Wildman–Crippen LogP) is 0.815. The van der Waals surface area contributed by atoms with Crippen molar-refractivity contribution in [1.82, 2.24) is 4.90 Å². The van der Waals surface area contributed by atoms with Crippen LogP contribution in [0.1, 0.15) is 20.3 Å². The molecule has 0 saturated carbocycles. The maximum Gasteiger partial charge on any atom is 0.0940 e. The number of nitrogens with zero attached hydrogens (tertiary/aromatic N) is 2. The van der Waals surface area contributed by atoms with E-state index in [0.717, 1.165) is 19.5 Å². The highest BCUT2D eigenvalue weighted by Gasteiger charge is 2.04.